The van der Waals surface area contributed by atoms with E-state index >= 15 is 0 Å². The van der Waals surface area contributed by atoms with E-state index < -0.39 is 10.0 Å². The summed E-state index contributed by atoms with van der Waals surface area (Å²) in [5, 5.41) is 0.375. The van der Waals surface area contributed by atoms with E-state index in [1.54, 1.807) is 6.20 Å². The van der Waals surface area contributed by atoms with E-state index in [1.807, 2.05) is 6.92 Å². The number of aryl methyl sites for hydroxylation is 1. The van der Waals surface area contributed by atoms with Gasteiger partial charge in [-0.1, -0.05) is 11.6 Å². The molecule has 0 fully saturated rings. The summed E-state index contributed by atoms with van der Waals surface area (Å²) in [5.41, 5.74) is 1.33. The molecule has 0 aromatic carbocycles. The largest absolute Gasteiger partial charge is 0.258 e. The SMILES string of the molecule is Cc1cnc(CNS(=O)(=O)c2cc(Cl)c(Br)s2)cn1. The first kappa shape index (κ1) is 14.9. The van der Waals surface area contributed by atoms with Crippen molar-refractivity contribution in [1.29, 1.82) is 0 Å². The van der Waals surface area contributed by atoms with Crippen LogP contribution in [-0.2, 0) is 16.6 Å². The van der Waals surface area contributed by atoms with Crippen molar-refractivity contribution in [2.45, 2.75) is 17.7 Å². The van der Waals surface area contributed by atoms with Gasteiger partial charge in [-0.3, -0.25) is 9.97 Å². The van der Waals surface area contributed by atoms with Crippen LogP contribution >= 0.6 is 38.9 Å². The van der Waals surface area contributed by atoms with Crippen molar-refractivity contribution in [3.8, 4) is 0 Å². The second kappa shape index (κ2) is 5.84. The van der Waals surface area contributed by atoms with Crippen molar-refractivity contribution >= 4 is 48.9 Å². The summed E-state index contributed by atoms with van der Waals surface area (Å²) >= 11 is 10.1. The zero-order valence-electron chi connectivity index (χ0n) is 9.72. The Balaban J connectivity index is 2.11. The average molecular weight is 383 g/mol. The fourth-order valence-corrected chi connectivity index (χ4v) is 4.65. The van der Waals surface area contributed by atoms with E-state index in [-0.39, 0.29) is 10.8 Å². The Morgan fingerprint density at radius 3 is 2.68 bits per heavy atom. The van der Waals surface area contributed by atoms with Gasteiger partial charge < -0.3 is 0 Å². The second-order valence-corrected chi connectivity index (χ2v) is 8.43. The lowest BCUT2D eigenvalue weighted by Crippen LogP contribution is -2.23. The first-order chi connectivity index (χ1) is 8.88. The summed E-state index contributed by atoms with van der Waals surface area (Å²) in [6.07, 6.45) is 3.12. The topological polar surface area (TPSA) is 72.0 Å². The lowest BCUT2D eigenvalue weighted by atomic mass is 10.4. The van der Waals surface area contributed by atoms with Crippen molar-refractivity contribution in [3.05, 3.63) is 38.7 Å². The highest BCUT2D eigenvalue weighted by molar-refractivity contribution is 9.11. The lowest BCUT2D eigenvalue weighted by molar-refractivity contribution is 0.582. The van der Waals surface area contributed by atoms with Gasteiger partial charge in [-0.2, -0.15) is 0 Å². The highest BCUT2D eigenvalue weighted by Crippen LogP contribution is 2.34. The van der Waals surface area contributed by atoms with Gasteiger partial charge >= 0.3 is 0 Å². The molecule has 0 radical (unpaired) electrons. The summed E-state index contributed by atoms with van der Waals surface area (Å²) in [6, 6.07) is 1.40. The molecule has 2 heterocycles. The van der Waals surface area contributed by atoms with Gasteiger partial charge in [0.2, 0.25) is 10.0 Å². The maximum Gasteiger partial charge on any atom is 0.250 e. The molecule has 0 aliphatic carbocycles. The predicted molar refractivity (Wildman–Crippen MR) is 77.8 cm³/mol. The Labute approximate surface area is 128 Å². The van der Waals surface area contributed by atoms with Gasteiger partial charge in [0.05, 0.1) is 32.9 Å². The summed E-state index contributed by atoms with van der Waals surface area (Å²) < 4.78 is 27.2. The van der Waals surface area contributed by atoms with Crippen LogP contribution in [0.5, 0.6) is 0 Å². The van der Waals surface area contributed by atoms with E-state index in [0.29, 0.717) is 14.5 Å². The molecule has 0 bridgehead atoms. The number of nitrogens with one attached hydrogen (secondary N) is 1. The maximum absolute atomic E-state index is 12.0. The third-order valence-electron chi connectivity index (χ3n) is 2.17. The van der Waals surface area contributed by atoms with Crippen LogP contribution in [0.15, 0.2) is 26.5 Å². The molecule has 0 aliphatic heterocycles. The molecule has 1 N–H and O–H groups in total. The number of thiophene rings is 1. The van der Waals surface area contributed by atoms with Gasteiger partial charge in [-0.15, -0.1) is 11.3 Å². The molecule has 19 heavy (non-hydrogen) atoms. The van der Waals surface area contributed by atoms with E-state index in [4.69, 9.17) is 11.6 Å². The van der Waals surface area contributed by atoms with Crippen LogP contribution in [0.1, 0.15) is 11.4 Å². The summed E-state index contributed by atoms with van der Waals surface area (Å²) in [6.45, 7) is 1.90. The van der Waals surface area contributed by atoms with Gasteiger partial charge in [-0.25, -0.2) is 13.1 Å². The number of halogens is 2. The Morgan fingerprint density at radius 1 is 1.42 bits per heavy atom. The summed E-state index contributed by atoms with van der Waals surface area (Å²) in [7, 11) is -3.58. The fraction of sp³-hybridized carbons (Fsp3) is 0.200. The zero-order valence-corrected chi connectivity index (χ0v) is 13.7. The first-order valence-corrected chi connectivity index (χ1v) is 8.57. The van der Waals surface area contributed by atoms with Gasteiger partial charge in [-0.05, 0) is 28.9 Å². The Kier molecular flexibility index (Phi) is 4.57. The van der Waals surface area contributed by atoms with E-state index in [1.165, 1.54) is 12.3 Å². The third-order valence-corrected chi connectivity index (χ3v) is 6.51. The van der Waals surface area contributed by atoms with Crippen molar-refractivity contribution in [1.82, 2.24) is 14.7 Å². The van der Waals surface area contributed by atoms with Crippen molar-refractivity contribution in [2.24, 2.45) is 0 Å². The highest BCUT2D eigenvalue weighted by atomic mass is 79.9. The van der Waals surface area contributed by atoms with Crippen molar-refractivity contribution in [2.75, 3.05) is 0 Å². The molecule has 2 aromatic heterocycles. The summed E-state index contributed by atoms with van der Waals surface area (Å²) in [5.74, 6) is 0. The summed E-state index contributed by atoms with van der Waals surface area (Å²) in [4.78, 5) is 8.12. The Hall–Kier alpha value is -0.540. The monoisotopic (exact) mass is 381 g/mol. The van der Waals surface area contributed by atoms with Gasteiger partial charge in [0.25, 0.3) is 0 Å². The van der Waals surface area contributed by atoms with Crippen molar-refractivity contribution < 1.29 is 8.42 Å². The number of nitrogens with zero attached hydrogens (tertiary/aromatic N) is 2. The lowest BCUT2D eigenvalue weighted by Gasteiger charge is -2.03. The third kappa shape index (κ3) is 3.73. The number of rotatable bonds is 4. The molecule has 0 saturated heterocycles. The standard InChI is InChI=1S/C10H9BrClN3O2S2/c1-6-3-14-7(4-13-6)5-15-19(16,17)9-2-8(12)10(11)18-9/h2-4,15H,5H2,1H3. The van der Waals surface area contributed by atoms with Crippen LogP contribution in [-0.4, -0.2) is 18.4 Å². The van der Waals surface area contributed by atoms with Gasteiger partial charge in [0, 0.05) is 6.20 Å². The molecule has 0 amide bonds. The number of hydrogen-bond acceptors (Lipinski definition) is 5. The minimum atomic E-state index is -3.58. The average Bonchev–Trinajstić information content (AvgIpc) is 2.70. The molecule has 0 saturated carbocycles. The quantitative estimate of drug-likeness (QED) is 0.882. The minimum Gasteiger partial charge on any atom is -0.258 e. The van der Waals surface area contributed by atoms with Gasteiger partial charge in [0.1, 0.15) is 4.21 Å². The van der Waals surface area contributed by atoms with Crippen LogP contribution in [0.3, 0.4) is 0 Å². The van der Waals surface area contributed by atoms with Crippen molar-refractivity contribution in [3.63, 3.8) is 0 Å². The highest BCUT2D eigenvalue weighted by Gasteiger charge is 2.18. The second-order valence-electron chi connectivity index (χ2n) is 3.66. The van der Waals surface area contributed by atoms with Crippen LogP contribution in [0.4, 0.5) is 0 Å². The minimum absolute atomic E-state index is 0.0861. The van der Waals surface area contributed by atoms with Gasteiger partial charge in [0.15, 0.2) is 0 Å². The van der Waals surface area contributed by atoms with Crippen LogP contribution < -0.4 is 4.72 Å². The molecule has 2 aromatic rings. The molecular weight excluding hydrogens is 374 g/mol. The number of hydrogen-bond donors (Lipinski definition) is 1. The number of sulfonamides is 1. The van der Waals surface area contributed by atoms with E-state index in [0.717, 1.165) is 17.0 Å². The molecule has 0 aliphatic rings. The molecule has 102 valence electrons. The first-order valence-electron chi connectivity index (χ1n) is 5.10. The molecule has 9 heteroatoms. The molecule has 0 atom stereocenters. The predicted octanol–water partition coefficient (Wildman–Crippen LogP) is 2.74. The maximum atomic E-state index is 12.0. The van der Waals surface area contributed by atoms with Crippen LogP contribution in [0.2, 0.25) is 5.02 Å². The number of aromatic nitrogens is 2. The Morgan fingerprint density at radius 2 is 2.16 bits per heavy atom. The fourth-order valence-electron chi connectivity index (χ4n) is 1.21. The smallest absolute Gasteiger partial charge is 0.250 e. The normalized spacial score (nSPS) is 11.7. The van der Waals surface area contributed by atoms with Crippen LogP contribution in [0.25, 0.3) is 0 Å². The zero-order chi connectivity index (χ0) is 14.0. The van der Waals surface area contributed by atoms with Crippen LogP contribution in [0, 0.1) is 6.92 Å². The molecule has 0 unspecified atom stereocenters. The Bertz CT molecular complexity index is 666. The molecule has 0 spiro atoms. The molecule has 5 nitrogen and oxygen atoms in total. The molecular formula is C10H9BrClN3O2S2. The van der Waals surface area contributed by atoms with E-state index in [2.05, 4.69) is 30.6 Å². The molecule has 2 rings (SSSR count). The van der Waals surface area contributed by atoms with E-state index in [9.17, 15) is 8.42 Å².